The van der Waals surface area contributed by atoms with Crippen LogP contribution in [0.1, 0.15) is 31.9 Å². The van der Waals surface area contributed by atoms with Crippen LogP contribution in [0.5, 0.6) is 5.75 Å². The van der Waals surface area contributed by atoms with E-state index in [9.17, 15) is 18.0 Å². The van der Waals surface area contributed by atoms with Crippen LogP contribution in [-0.2, 0) is 32.4 Å². The first kappa shape index (κ1) is 30.6. The molecule has 2 aliphatic rings. The minimum atomic E-state index is -3.24. The van der Waals surface area contributed by atoms with Gasteiger partial charge < -0.3 is 19.7 Å². The van der Waals surface area contributed by atoms with Crippen molar-refractivity contribution in [3.8, 4) is 5.75 Å². The smallest absolute Gasteiger partial charge is 0.408 e. The van der Waals surface area contributed by atoms with Crippen molar-refractivity contribution in [2.75, 3.05) is 16.4 Å². The van der Waals surface area contributed by atoms with Gasteiger partial charge in [-0.05, 0) is 56.2 Å². The van der Waals surface area contributed by atoms with E-state index < -0.39 is 33.5 Å². The molecule has 0 spiro atoms. The first-order valence-corrected chi connectivity index (χ1v) is 16.7. The maximum absolute atomic E-state index is 13.7. The van der Waals surface area contributed by atoms with E-state index in [4.69, 9.17) is 9.47 Å². The number of ether oxygens (including phenoxy) is 2. The molecule has 2 amide bonds. The highest BCUT2D eigenvalue weighted by atomic mass is 32.2. The Balaban J connectivity index is 1.39. The third-order valence-electron chi connectivity index (χ3n) is 6.91. The molecule has 2 aliphatic heterocycles. The lowest BCUT2D eigenvalue weighted by Gasteiger charge is -2.25. The van der Waals surface area contributed by atoms with Gasteiger partial charge in [-0.25, -0.2) is 13.2 Å². The van der Waals surface area contributed by atoms with Crippen LogP contribution >= 0.6 is 11.8 Å². The molecule has 3 aromatic carbocycles. The Bertz CT molecular complexity index is 1570. The summed E-state index contributed by atoms with van der Waals surface area (Å²) < 4.78 is 36.4. The number of nitrogens with one attached hydrogen (secondary N) is 1. The number of nitrogens with zero attached hydrogens (tertiary/aromatic N) is 2. The molecular weight excluding hydrogens is 587 g/mol. The van der Waals surface area contributed by atoms with E-state index in [0.29, 0.717) is 23.2 Å². The lowest BCUT2D eigenvalue weighted by Crippen LogP contribution is -2.45. The van der Waals surface area contributed by atoms with Crippen molar-refractivity contribution < 1.29 is 27.5 Å². The minimum Gasteiger partial charge on any atom is -0.489 e. The second-order valence-corrected chi connectivity index (χ2v) is 14.9. The molecule has 2 saturated heterocycles. The molecule has 226 valence electrons. The summed E-state index contributed by atoms with van der Waals surface area (Å²) in [6.45, 7) is 5.66. The number of amidine groups is 1. The number of anilines is 1. The highest BCUT2D eigenvalue weighted by Gasteiger charge is 2.49. The number of fused-ring (bicyclic) bond motifs is 1. The molecule has 0 unspecified atom stereocenters. The van der Waals surface area contributed by atoms with Gasteiger partial charge in [0, 0.05) is 17.4 Å². The summed E-state index contributed by atoms with van der Waals surface area (Å²) in [5, 5.41) is 2.82. The van der Waals surface area contributed by atoms with Crippen LogP contribution in [0.25, 0.3) is 0 Å². The molecule has 2 fully saturated rings. The fraction of sp³-hybridized carbons (Fsp3) is 0.344. The van der Waals surface area contributed by atoms with E-state index in [1.54, 1.807) is 20.8 Å². The van der Waals surface area contributed by atoms with Crippen molar-refractivity contribution in [2.24, 2.45) is 4.99 Å². The van der Waals surface area contributed by atoms with Gasteiger partial charge in [-0.2, -0.15) is 4.99 Å². The second kappa shape index (κ2) is 12.8. The Morgan fingerprint density at radius 3 is 2.21 bits per heavy atom. The number of benzene rings is 3. The number of hydrogen-bond donors (Lipinski definition) is 1. The monoisotopic (exact) mass is 621 g/mol. The quantitative estimate of drug-likeness (QED) is 0.374. The van der Waals surface area contributed by atoms with Crippen molar-refractivity contribution in [1.82, 2.24) is 5.32 Å². The zero-order valence-electron chi connectivity index (χ0n) is 24.3. The molecule has 2 heterocycles. The predicted octanol–water partition coefficient (Wildman–Crippen LogP) is 5.00. The minimum absolute atomic E-state index is 0.00785. The summed E-state index contributed by atoms with van der Waals surface area (Å²) in [6.07, 6.45) is -0.498. The van der Waals surface area contributed by atoms with Crippen molar-refractivity contribution >= 4 is 44.5 Å². The zero-order valence-corrected chi connectivity index (χ0v) is 25.9. The first-order chi connectivity index (χ1) is 20.5. The number of aliphatic imine (C=N–C) groups is 1. The molecule has 0 aliphatic carbocycles. The van der Waals surface area contributed by atoms with Gasteiger partial charge in [0.25, 0.3) is 5.91 Å². The Hall–Kier alpha value is -3.83. The van der Waals surface area contributed by atoms with Gasteiger partial charge in [-0.15, -0.1) is 0 Å². The molecule has 0 radical (unpaired) electrons. The maximum Gasteiger partial charge on any atom is 0.408 e. The molecule has 43 heavy (non-hydrogen) atoms. The number of carbonyl (C=O) groups is 2. The predicted molar refractivity (Wildman–Crippen MR) is 169 cm³/mol. The molecule has 1 N–H and O–H groups in total. The van der Waals surface area contributed by atoms with Gasteiger partial charge in [0.2, 0.25) is 0 Å². The molecule has 9 nitrogen and oxygen atoms in total. The zero-order chi connectivity index (χ0) is 30.6. The highest BCUT2D eigenvalue weighted by molar-refractivity contribution is 8.16. The molecule has 11 heteroatoms. The number of thioether (sulfide) groups is 1. The third kappa shape index (κ3) is 8.17. The van der Waals surface area contributed by atoms with Crippen LogP contribution in [0, 0.1) is 0 Å². The van der Waals surface area contributed by atoms with Gasteiger partial charge in [0.15, 0.2) is 15.0 Å². The lowest BCUT2D eigenvalue weighted by molar-refractivity contribution is -0.119. The van der Waals surface area contributed by atoms with Crippen molar-refractivity contribution in [3.63, 3.8) is 0 Å². The van der Waals surface area contributed by atoms with Crippen LogP contribution in [0.3, 0.4) is 0 Å². The molecule has 0 saturated carbocycles. The Morgan fingerprint density at radius 1 is 0.953 bits per heavy atom. The summed E-state index contributed by atoms with van der Waals surface area (Å²) in [5.74, 6) is 0.0868. The van der Waals surface area contributed by atoms with Crippen LogP contribution in [-0.4, -0.2) is 60.0 Å². The van der Waals surface area contributed by atoms with Crippen LogP contribution in [0.2, 0.25) is 0 Å². The number of amides is 2. The average molecular weight is 622 g/mol. The fourth-order valence-corrected chi connectivity index (χ4v) is 8.90. The summed E-state index contributed by atoms with van der Waals surface area (Å²) in [4.78, 5) is 32.6. The Kier molecular flexibility index (Phi) is 9.12. The Labute approximate surface area is 256 Å². The molecule has 5 rings (SSSR count). The maximum atomic E-state index is 13.7. The number of carbonyl (C=O) groups excluding carboxylic acids is 2. The van der Waals surface area contributed by atoms with E-state index in [2.05, 4.69) is 10.3 Å². The van der Waals surface area contributed by atoms with Gasteiger partial charge in [0.1, 0.15) is 24.0 Å². The SMILES string of the molecule is CC(C)(C)OC(=O)N[C@@H](Cc1ccccc1)C(=O)N=C1S[C@H]2CS(=O)(=O)C[C@@H]2N1c1ccc(OCc2ccccc2)cc1. The average Bonchev–Trinajstić information content (AvgIpc) is 3.42. The number of rotatable bonds is 8. The van der Waals surface area contributed by atoms with Crippen molar-refractivity contribution in [3.05, 3.63) is 96.1 Å². The molecule has 0 bridgehead atoms. The van der Waals surface area contributed by atoms with E-state index in [1.807, 2.05) is 89.8 Å². The molecule has 3 aromatic rings. The standard InChI is InChI=1S/C32H35N3O6S2/c1-32(2,3)41-31(37)33-26(18-22-10-6-4-7-11-22)29(36)34-30-35(27-20-43(38,39)21-28(27)42-30)24-14-16-25(17-15-24)40-19-23-12-8-5-9-13-23/h4-17,26-28H,18-21H2,1-3H3,(H,33,37)/t26-,27-,28-/m0/s1. The second-order valence-electron chi connectivity index (χ2n) is 11.6. The van der Waals surface area contributed by atoms with E-state index in [0.717, 1.165) is 11.1 Å². The number of sulfone groups is 1. The molecule has 3 atom stereocenters. The van der Waals surface area contributed by atoms with Gasteiger partial charge >= 0.3 is 6.09 Å². The third-order valence-corrected chi connectivity index (χ3v) is 10.1. The topological polar surface area (TPSA) is 114 Å². The lowest BCUT2D eigenvalue weighted by atomic mass is 10.1. The molecule has 0 aromatic heterocycles. The van der Waals surface area contributed by atoms with Crippen LogP contribution in [0.4, 0.5) is 10.5 Å². The Morgan fingerprint density at radius 2 is 1.58 bits per heavy atom. The fourth-order valence-electron chi connectivity index (χ4n) is 4.98. The summed E-state index contributed by atoms with van der Waals surface area (Å²) in [7, 11) is -3.24. The van der Waals surface area contributed by atoms with Gasteiger partial charge in [0.05, 0.1) is 17.5 Å². The highest BCUT2D eigenvalue weighted by Crippen LogP contribution is 2.41. The van der Waals surface area contributed by atoms with Gasteiger partial charge in [-0.3, -0.25) is 4.79 Å². The summed E-state index contributed by atoms with van der Waals surface area (Å²) in [6, 6.07) is 25.1. The first-order valence-electron chi connectivity index (χ1n) is 14.0. The summed E-state index contributed by atoms with van der Waals surface area (Å²) in [5.41, 5.74) is 1.85. The number of hydrogen-bond acceptors (Lipinski definition) is 7. The van der Waals surface area contributed by atoms with Crippen molar-refractivity contribution in [1.29, 1.82) is 0 Å². The van der Waals surface area contributed by atoms with Crippen LogP contribution in [0.15, 0.2) is 89.9 Å². The van der Waals surface area contributed by atoms with E-state index in [-0.39, 0.29) is 29.2 Å². The molecular formula is C32H35N3O6S2. The normalized spacial score (nSPS) is 20.8. The number of alkyl carbamates (subject to hydrolysis) is 1. The summed E-state index contributed by atoms with van der Waals surface area (Å²) >= 11 is 1.28. The van der Waals surface area contributed by atoms with E-state index in [1.165, 1.54) is 11.8 Å². The van der Waals surface area contributed by atoms with Gasteiger partial charge in [-0.1, -0.05) is 72.4 Å². The van der Waals surface area contributed by atoms with Crippen LogP contribution < -0.4 is 15.0 Å². The van der Waals surface area contributed by atoms with E-state index >= 15 is 0 Å². The largest absolute Gasteiger partial charge is 0.489 e. The van der Waals surface area contributed by atoms with Crippen molar-refractivity contribution in [2.45, 2.75) is 56.7 Å².